The van der Waals surface area contributed by atoms with Crippen molar-refractivity contribution in [2.45, 2.75) is 44.8 Å². The highest BCUT2D eigenvalue weighted by Gasteiger charge is 2.40. The van der Waals surface area contributed by atoms with E-state index in [1.165, 1.54) is 5.56 Å². The van der Waals surface area contributed by atoms with Crippen molar-refractivity contribution in [2.24, 2.45) is 5.92 Å². The van der Waals surface area contributed by atoms with Crippen molar-refractivity contribution < 1.29 is 9.53 Å². The van der Waals surface area contributed by atoms with E-state index in [9.17, 15) is 4.79 Å². The number of rotatable bonds is 5. The Hall–Kier alpha value is -2.31. The molecule has 4 heterocycles. The molecule has 2 aliphatic heterocycles. The second kappa shape index (κ2) is 9.01. The molecule has 2 aromatic heterocycles. The Balaban J connectivity index is 1.26. The first-order valence-corrected chi connectivity index (χ1v) is 10.6. The first-order chi connectivity index (χ1) is 14.1. The number of piperidine rings is 1. The number of nitrogens with one attached hydrogen (secondary N) is 1. The van der Waals surface area contributed by atoms with Gasteiger partial charge in [0.1, 0.15) is 0 Å². The molecule has 1 unspecified atom stereocenters. The van der Waals surface area contributed by atoms with Crippen LogP contribution in [0.3, 0.4) is 0 Å². The van der Waals surface area contributed by atoms with Crippen LogP contribution in [-0.4, -0.2) is 52.6 Å². The number of aryl methyl sites for hydroxylation is 1. The summed E-state index contributed by atoms with van der Waals surface area (Å²) in [6.45, 7) is 6.54. The van der Waals surface area contributed by atoms with E-state index in [1.807, 2.05) is 6.20 Å². The summed E-state index contributed by atoms with van der Waals surface area (Å²) in [5.41, 5.74) is 2.97. The maximum absolute atomic E-state index is 12.3. The van der Waals surface area contributed by atoms with Crippen molar-refractivity contribution in [2.75, 3.05) is 26.2 Å². The maximum atomic E-state index is 12.3. The smallest absolute Gasteiger partial charge is 0.251 e. The van der Waals surface area contributed by atoms with Crippen molar-refractivity contribution in [1.82, 2.24) is 20.2 Å². The van der Waals surface area contributed by atoms with E-state index in [4.69, 9.17) is 4.74 Å². The van der Waals surface area contributed by atoms with Crippen LogP contribution in [0.1, 0.15) is 47.3 Å². The first kappa shape index (κ1) is 20.0. The highest BCUT2D eigenvalue weighted by atomic mass is 16.5. The SMILES string of the molecule is Cc1ccc(CN2CCC3(CC2)CC(CNC(=O)c2ccncc2)CCO3)nc1. The molecular formula is C23H30N4O2. The summed E-state index contributed by atoms with van der Waals surface area (Å²) in [7, 11) is 0. The molecule has 0 aliphatic carbocycles. The Morgan fingerprint density at radius 3 is 2.76 bits per heavy atom. The minimum Gasteiger partial charge on any atom is -0.375 e. The fourth-order valence-electron chi connectivity index (χ4n) is 4.43. The van der Waals surface area contributed by atoms with Crippen LogP contribution < -0.4 is 5.32 Å². The summed E-state index contributed by atoms with van der Waals surface area (Å²) in [4.78, 5) is 23.3. The monoisotopic (exact) mass is 394 g/mol. The molecule has 29 heavy (non-hydrogen) atoms. The Labute approximate surface area is 172 Å². The van der Waals surface area contributed by atoms with Gasteiger partial charge in [-0.25, -0.2) is 0 Å². The third kappa shape index (κ3) is 5.19. The van der Waals surface area contributed by atoms with Crippen molar-refractivity contribution in [3.05, 3.63) is 59.7 Å². The van der Waals surface area contributed by atoms with E-state index in [-0.39, 0.29) is 11.5 Å². The lowest BCUT2D eigenvalue weighted by atomic mass is 9.79. The van der Waals surface area contributed by atoms with E-state index in [0.29, 0.717) is 18.0 Å². The number of hydrogen-bond acceptors (Lipinski definition) is 5. The molecule has 0 saturated carbocycles. The third-order valence-corrected chi connectivity index (χ3v) is 6.21. The van der Waals surface area contributed by atoms with Gasteiger partial charge in [-0.3, -0.25) is 19.7 Å². The van der Waals surface area contributed by atoms with E-state index >= 15 is 0 Å². The standard InChI is InChI=1S/C23H30N4O2/c1-18-2-3-21(25-15-18)17-27-11-7-23(8-12-27)14-19(6-13-29-23)16-26-22(28)20-4-9-24-10-5-20/h2-5,9-10,15,19H,6-8,11-14,16-17H2,1H3,(H,26,28). The fraction of sp³-hybridized carbons (Fsp3) is 0.522. The predicted octanol–water partition coefficient (Wildman–Crippen LogP) is 2.98. The van der Waals surface area contributed by atoms with Crippen LogP contribution in [-0.2, 0) is 11.3 Å². The van der Waals surface area contributed by atoms with Crippen molar-refractivity contribution >= 4 is 5.91 Å². The van der Waals surface area contributed by atoms with Gasteiger partial charge in [0.15, 0.2) is 0 Å². The van der Waals surface area contributed by atoms with Gasteiger partial charge in [-0.2, -0.15) is 0 Å². The van der Waals surface area contributed by atoms with Gasteiger partial charge < -0.3 is 10.1 Å². The van der Waals surface area contributed by atoms with Gasteiger partial charge in [0.2, 0.25) is 0 Å². The van der Waals surface area contributed by atoms with Crippen LogP contribution in [0.25, 0.3) is 0 Å². The second-order valence-corrected chi connectivity index (χ2v) is 8.44. The lowest BCUT2D eigenvalue weighted by molar-refractivity contribution is -0.127. The topological polar surface area (TPSA) is 67.4 Å². The average molecular weight is 395 g/mol. The number of carbonyl (C=O) groups excluding carboxylic acids is 1. The molecule has 2 aromatic rings. The summed E-state index contributed by atoms with van der Waals surface area (Å²) < 4.78 is 6.28. The molecule has 6 heteroatoms. The van der Waals surface area contributed by atoms with Crippen molar-refractivity contribution in [3.8, 4) is 0 Å². The minimum absolute atomic E-state index is 0.0200. The molecule has 0 bridgehead atoms. The van der Waals surface area contributed by atoms with Gasteiger partial charge >= 0.3 is 0 Å². The second-order valence-electron chi connectivity index (χ2n) is 8.44. The van der Waals surface area contributed by atoms with E-state index < -0.39 is 0 Å². The highest BCUT2D eigenvalue weighted by molar-refractivity contribution is 5.93. The summed E-state index contributed by atoms with van der Waals surface area (Å²) in [5.74, 6) is 0.452. The predicted molar refractivity (Wildman–Crippen MR) is 111 cm³/mol. The molecule has 4 rings (SSSR count). The van der Waals surface area contributed by atoms with Crippen LogP contribution in [0, 0.1) is 12.8 Å². The van der Waals surface area contributed by atoms with Crippen LogP contribution in [0.5, 0.6) is 0 Å². The number of aromatic nitrogens is 2. The number of carbonyl (C=O) groups is 1. The molecule has 1 amide bonds. The van der Waals surface area contributed by atoms with Crippen LogP contribution in [0.15, 0.2) is 42.9 Å². The number of hydrogen-bond donors (Lipinski definition) is 1. The molecule has 2 saturated heterocycles. The minimum atomic E-state index is -0.0263. The zero-order chi connectivity index (χ0) is 20.1. The van der Waals surface area contributed by atoms with Crippen LogP contribution in [0.4, 0.5) is 0 Å². The van der Waals surface area contributed by atoms with Crippen LogP contribution in [0.2, 0.25) is 0 Å². The largest absolute Gasteiger partial charge is 0.375 e. The lowest BCUT2D eigenvalue weighted by Gasteiger charge is -2.46. The molecule has 1 atom stereocenters. The van der Waals surface area contributed by atoms with E-state index in [1.54, 1.807) is 24.5 Å². The van der Waals surface area contributed by atoms with Crippen molar-refractivity contribution in [1.29, 1.82) is 0 Å². The fourth-order valence-corrected chi connectivity index (χ4v) is 4.43. The quantitative estimate of drug-likeness (QED) is 0.844. The summed E-state index contributed by atoms with van der Waals surface area (Å²) in [6, 6.07) is 7.75. The number of likely N-dealkylation sites (tertiary alicyclic amines) is 1. The van der Waals surface area contributed by atoms with E-state index in [0.717, 1.165) is 57.6 Å². The summed E-state index contributed by atoms with van der Waals surface area (Å²) >= 11 is 0. The first-order valence-electron chi connectivity index (χ1n) is 10.6. The molecule has 0 aromatic carbocycles. The molecule has 2 fully saturated rings. The molecule has 0 radical (unpaired) electrons. The number of amides is 1. The Kier molecular flexibility index (Phi) is 6.21. The zero-order valence-electron chi connectivity index (χ0n) is 17.1. The Morgan fingerprint density at radius 2 is 2.03 bits per heavy atom. The summed E-state index contributed by atoms with van der Waals surface area (Å²) in [5, 5.41) is 3.10. The molecular weight excluding hydrogens is 364 g/mol. The zero-order valence-corrected chi connectivity index (χ0v) is 17.1. The number of ether oxygens (including phenoxy) is 1. The molecule has 2 aliphatic rings. The average Bonchev–Trinajstić information content (AvgIpc) is 2.76. The van der Waals surface area contributed by atoms with Gasteiger partial charge in [0, 0.05) is 56.9 Å². The maximum Gasteiger partial charge on any atom is 0.251 e. The van der Waals surface area contributed by atoms with Gasteiger partial charge in [-0.15, -0.1) is 0 Å². The molecule has 6 nitrogen and oxygen atoms in total. The van der Waals surface area contributed by atoms with Gasteiger partial charge in [-0.05, 0) is 62.3 Å². The van der Waals surface area contributed by atoms with Gasteiger partial charge in [0.25, 0.3) is 5.91 Å². The van der Waals surface area contributed by atoms with Gasteiger partial charge in [-0.1, -0.05) is 6.07 Å². The van der Waals surface area contributed by atoms with E-state index in [2.05, 4.69) is 39.2 Å². The highest BCUT2D eigenvalue weighted by Crippen LogP contribution is 2.37. The Bertz CT molecular complexity index is 801. The number of nitrogens with zero attached hydrogens (tertiary/aromatic N) is 3. The van der Waals surface area contributed by atoms with Crippen LogP contribution >= 0.6 is 0 Å². The van der Waals surface area contributed by atoms with Crippen molar-refractivity contribution in [3.63, 3.8) is 0 Å². The Morgan fingerprint density at radius 1 is 1.24 bits per heavy atom. The molecule has 1 spiro atoms. The summed E-state index contributed by atoms with van der Waals surface area (Å²) in [6.07, 6.45) is 9.38. The lowest BCUT2D eigenvalue weighted by Crippen LogP contribution is -2.50. The third-order valence-electron chi connectivity index (χ3n) is 6.21. The molecule has 1 N–H and O–H groups in total. The molecule has 154 valence electrons. The van der Waals surface area contributed by atoms with Gasteiger partial charge in [0.05, 0.1) is 11.3 Å². The number of pyridine rings is 2. The normalized spacial score (nSPS) is 21.8.